The van der Waals surface area contributed by atoms with Gasteiger partial charge in [-0.25, -0.2) is 0 Å². The molecule has 4 heteroatoms. The van der Waals surface area contributed by atoms with Crippen LogP contribution >= 0.6 is 11.8 Å². The first kappa shape index (κ1) is 13.6. The molecule has 0 aromatic heterocycles. The topological polar surface area (TPSA) is 52.9 Å². The number of aryl methyl sites for hydroxylation is 1. The van der Waals surface area contributed by atoms with Crippen LogP contribution in [0.2, 0.25) is 0 Å². The molecule has 1 amide bonds. The van der Waals surface area contributed by atoms with Crippen LogP contribution in [-0.2, 0) is 4.79 Å². The van der Waals surface area contributed by atoms with E-state index < -0.39 is 0 Å². The molecule has 0 aliphatic rings. The van der Waals surface area contributed by atoms with Crippen molar-refractivity contribution in [3.8, 4) is 6.07 Å². The summed E-state index contributed by atoms with van der Waals surface area (Å²) in [7, 11) is 0. The molecule has 0 fully saturated rings. The van der Waals surface area contributed by atoms with E-state index in [9.17, 15) is 4.79 Å². The van der Waals surface area contributed by atoms with Crippen LogP contribution in [0.5, 0.6) is 0 Å². The van der Waals surface area contributed by atoms with Gasteiger partial charge in [-0.15, -0.1) is 0 Å². The predicted molar refractivity (Wildman–Crippen MR) is 72.0 cm³/mol. The highest BCUT2D eigenvalue weighted by Gasteiger charge is 2.02. The lowest BCUT2D eigenvalue weighted by Crippen LogP contribution is -2.14. The van der Waals surface area contributed by atoms with Crippen molar-refractivity contribution in [3.63, 3.8) is 0 Å². The normalized spacial score (nSPS) is 9.65. The molecular weight excluding hydrogens is 232 g/mol. The number of nitriles is 1. The van der Waals surface area contributed by atoms with Gasteiger partial charge >= 0.3 is 0 Å². The number of carbonyl (C=O) groups is 1. The van der Waals surface area contributed by atoms with Gasteiger partial charge < -0.3 is 5.32 Å². The Balaban J connectivity index is 2.23. The van der Waals surface area contributed by atoms with E-state index >= 15 is 0 Å². The molecule has 0 aliphatic heterocycles. The van der Waals surface area contributed by atoms with Gasteiger partial charge in [0, 0.05) is 12.1 Å². The lowest BCUT2D eigenvalue weighted by atomic mass is 10.2. The van der Waals surface area contributed by atoms with E-state index in [-0.39, 0.29) is 5.91 Å². The molecule has 0 aliphatic carbocycles. The van der Waals surface area contributed by atoms with Crippen molar-refractivity contribution < 1.29 is 4.79 Å². The number of benzene rings is 1. The summed E-state index contributed by atoms with van der Waals surface area (Å²) in [6.45, 7) is 1.99. The summed E-state index contributed by atoms with van der Waals surface area (Å²) in [6.07, 6.45) is 1.41. The molecule has 0 heterocycles. The van der Waals surface area contributed by atoms with E-state index in [4.69, 9.17) is 5.26 Å². The number of nitrogens with zero attached hydrogens (tertiary/aromatic N) is 1. The Hall–Kier alpha value is -1.47. The first-order chi connectivity index (χ1) is 8.22. The molecular formula is C13H16N2OS. The highest BCUT2D eigenvalue weighted by Crippen LogP contribution is 2.11. The maximum atomic E-state index is 11.6. The van der Waals surface area contributed by atoms with Crippen molar-refractivity contribution in [1.82, 2.24) is 0 Å². The smallest absolute Gasteiger partial charge is 0.234 e. The van der Waals surface area contributed by atoms with Gasteiger partial charge in [-0.05, 0) is 36.8 Å². The zero-order valence-corrected chi connectivity index (χ0v) is 10.7. The van der Waals surface area contributed by atoms with Crippen LogP contribution < -0.4 is 5.32 Å². The van der Waals surface area contributed by atoms with E-state index in [2.05, 4.69) is 11.4 Å². The Morgan fingerprint density at radius 2 is 2.35 bits per heavy atom. The quantitative estimate of drug-likeness (QED) is 0.787. The van der Waals surface area contributed by atoms with Crippen LogP contribution in [0.4, 0.5) is 5.69 Å². The van der Waals surface area contributed by atoms with Crippen LogP contribution in [0.25, 0.3) is 0 Å². The van der Waals surface area contributed by atoms with Crippen molar-refractivity contribution in [2.75, 3.05) is 16.8 Å². The first-order valence-electron chi connectivity index (χ1n) is 5.53. The Kier molecular flexibility index (Phi) is 6.19. The summed E-state index contributed by atoms with van der Waals surface area (Å²) < 4.78 is 0. The number of anilines is 1. The van der Waals surface area contributed by atoms with Gasteiger partial charge in [-0.3, -0.25) is 4.79 Å². The molecule has 1 aromatic carbocycles. The van der Waals surface area contributed by atoms with Crippen molar-refractivity contribution >= 4 is 23.4 Å². The molecule has 0 unspecified atom stereocenters. The van der Waals surface area contributed by atoms with Crippen LogP contribution in [0, 0.1) is 18.3 Å². The number of carbonyl (C=O) groups excluding carboxylic acids is 1. The Morgan fingerprint density at radius 1 is 1.53 bits per heavy atom. The van der Waals surface area contributed by atoms with Crippen molar-refractivity contribution in [2.45, 2.75) is 19.8 Å². The van der Waals surface area contributed by atoms with E-state index in [0.717, 1.165) is 23.4 Å². The molecule has 0 radical (unpaired) electrons. The minimum absolute atomic E-state index is 0.0116. The molecule has 0 bridgehead atoms. The third-order valence-electron chi connectivity index (χ3n) is 2.11. The van der Waals surface area contributed by atoms with E-state index in [1.807, 2.05) is 31.2 Å². The highest BCUT2D eigenvalue weighted by molar-refractivity contribution is 7.99. The fourth-order valence-electron chi connectivity index (χ4n) is 1.34. The molecule has 17 heavy (non-hydrogen) atoms. The first-order valence-corrected chi connectivity index (χ1v) is 6.69. The Bertz CT molecular complexity index is 412. The lowest BCUT2D eigenvalue weighted by molar-refractivity contribution is -0.113. The fraction of sp³-hybridized carbons (Fsp3) is 0.385. The van der Waals surface area contributed by atoms with Gasteiger partial charge in [-0.2, -0.15) is 17.0 Å². The fourth-order valence-corrected chi connectivity index (χ4v) is 2.09. The molecule has 0 spiro atoms. The summed E-state index contributed by atoms with van der Waals surface area (Å²) >= 11 is 1.56. The molecule has 1 aromatic rings. The zero-order chi connectivity index (χ0) is 12.5. The standard InChI is InChI=1S/C13H16N2OS/c1-11-5-4-6-12(9-11)15-13(16)10-17-8-3-2-7-14/h4-6,9H,2-3,8,10H2,1H3,(H,15,16). The van der Waals surface area contributed by atoms with Crippen LogP contribution in [0.15, 0.2) is 24.3 Å². The average Bonchev–Trinajstić information content (AvgIpc) is 2.29. The molecule has 0 saturated heterocycles. The number of hydrogen-bond acceptors (Lipinski definition) is 3. The van der Waals surface area contributed by atoms with E-state index in [1.165, 1.54) is 0 Å². The van der Waals surface area contributed by atoms with Gasteiger partial charge in [-0.1, -0.05) is 12.1 Å². The summed E-state index contributed by atoms with van der Waals surface area (Å²) in [5.41, 5.74) is 1.97. The third-order valence-corrected chi connectivity index (χ3v) is 3.16. The van der Waals surface area contributed by atoms with Gasteiger partial charge in [0.05, 0.1) is 11.8 Å². The minimum Gasteiger partial charge on any atom is -0.325 e. The van der Waals surface area contributed by atoms with Crippen molar-refractivity contribution in [2.24, 2.45) is 0 Å². The molecule has 0 atom stereocenters. The maximum absolute atomic E-state index is 11.6. The number of thioether (sulfide) groups is 1. The number of unbranched alkanes of at least 4 members (excludes halogenated alkanes) is 1. The van der Waals surface area contributed by atoms with Crippen LogP contribution in [0.3, 0.4) is 0 Å². The second-order valence-electron chi connectivity index (χ2n) is 3.73. The molecule has 90 valence electrons. The minimum atomic E-state index is 0.0116. The van der Waals surface area contributed by atoms with Gasteiger partial charge in [0.2, 0.25) is 5.91 Å². The molecule has 1 rings (SSSR count). The maximum Gasteiger partial charge on any atom is 0.234 e. The van der Waals surface area contributed by atoms with Crippen LogP contribution in [0.1, 0.15) is 18.4 Å². The SMILES string of the molecule is Cc1cccc(NC(=O)CSCCCC#N)c1. The van der Waals surface area contributed by atoms with Crippen LogP contribution in [-0.4, -0.2) is 17.4 Å². The Labute approximate surface area is 106 Å². The number of nitrogens with one attached hydrogen (secondary N) is 1. The van der Waals surface area contributed by atoms with E-state index in [1.54, 1.807) is 11.8 Å². The number of hydrogen-bond donors (Lipinski definition) is 1. The van der Waals surface area contributed by atoms with Gasteiger partial charge in [0.25, 0.3) is 0 Å². The number of amides is 1. The average molecular weight is 248 g/mol. The highest BCUT2D eigenvalue weighted by atomic mass is 32.2. The van der Waals surface area contributed by atoms with Crippen molar-refractivity contribution in [3.05, 3.63) is 29.8 Å². The zero-order valence-electron chi connectivity index (χ0n) is 9.90. The molecule has 0 saturated carbocycles. The summed E-state index contributed by atoms with van der Waals surface area (Å²) in [6, 6.07) is 9.82. The van der Waals surface area contributed by atoms with Gasteiger partial charge in [0.1, 0.15) is 0 Å². The second-order valence-corrected chi connectivity index (χ2v) is 4.84. The third kappa shape index (κ3) is 5.98. The van der Waals surface area contributed by atoms with Crippen molar-refractivity contribution in [1.29, 1.82) is 5.26 Å². The second kappa shape index (κ2) is 7.75. The van der Waals surface area contributed by atoms with E-state index in [0.29, 0.717) is 12.2 Å². The largest absolute Gasteiger partial charge is 0.325 e. The summed E-state index contributed by atoms with van der Waals surface area (Å²) in [4.78, 5) is 11.6. The summed E-state index contributed by atoms with van der Waals surface area (Å²) in [5, 5.41) is 11.2. The number of rotatable bonds is 6. The predicted octanol–water partition coefficient (Wildman–Crippen LogP) is 2.97. The van der Waals surface area contributed by atoms with Gasteiger partial charge in [0.15, 0.2) is 0 Å². The monoisotopic (exact) mass is 248 g/mol. The molecule has 1 N–H and O–H groups in total. The summed E-state index contributed by atoms with van der Waals surface area (Å²) in [5.74, 6) is 1.31. The molecule has 3 nitrogen and oxygen atoms in total. The lowest BCUT2D eigenvalue weighted by Gasteiger charge is -2.05. The Morgan fingerprint density at radius 3 is 3.06 bits per heavy atom.